The maximum absolute atomic E-state index is 13.7. The van der Waals surface area contributed by atoms with Crippen molar-refractivity contribution in [3.8, 4) is 29.0 Å². The van der Waals surface area contributed by atoms with Gasteiger partial charge >= 0.3 is 5.63 Å². The Kier molecular flexibility index (Phi) is 4.82. The highest BCUT2D eigenvalue weighted by Gasteiger charge is 2.39. The van der Waals surface area contributed by atoms with Gasteiger partial charge in [-0.1, -0.05) is 0 Å². The first-order valence-electron chi connectivity index (χ1n) is 10.3. The average molecular weight is 443 g/mol. The first kappa shape index (κ1) is 20.6. The van der Waals surface area contributed by atoms with Gasteiger partial charge in [-0.2, -0.15) is 5.26 Å². The highest BCUT2D eigenvalue weighted by Crippen LogP contribution is 2.37. The summed E-state index contributed by atoms with van der Waals surface area (Å²) in [6.07, 6.45) is 1.54. The number of rotatable bonds is 3. The molecule has 0 spiro atoms. The fourth-order valence-electron chi connectivity index (χ4n) is 3.85. The molecule has 0 amide bonds. The summed E-state index contributed by atoms with van der Waals surface area (Å²) >= 11 is 0. The Bertz CT molecular complexity index is 1490. The summed E-state index contributed by atoms with van der Waals surface area (Å²) in [5, 5.41) is 9.89. The molecule has 5 rings (SSSR count). The molecule has 0 aliphatic carbocycles. The second-order valence-corrected chi connectivity index (χ2v) is 8.32. The van der Waals surface area contributed by atoms with E-state index in [4.69, 9.17) is 19.2 Å². The molecule has 3 heterocycles. The lowest BCUT2D eigenvalue weighted by atomic mass is 9.90. The molecule has 0 N–H and O–H groups in total. The topological polar surface area (TPSA) is 98.2 Å². The van der Waals surface area contributed by atoms with Gasteiger partial charge in [0, 0.05) is 35.6 Å². The van der Waals surface area contributed by atoms with E-state index < -0.39 is 17.0 Å². The molecule has 0 radical (unpaired) electrons. The molecule has 0 saturated heterocycles. The number of benzene rings is 2. The van der Waals surface area contributed by atoms with Crippen LogP contribution in [0.15, 0.2) is 64.1 Å². The van der Waals surface area contributed by atoms with Crippen LogP contribution in [-0.2, 0) is 6.42 Å². The van der Waals surface area contributed by atoms with Crippen molar-refractivity contribution >= 4 is 11.0 Å². The van der Waals surface area contributed by atoms with Crippen LogP contribution in [-0.4, -0.2) is 21.7 Å². The van der Waals surface area contributed by atoms with E-state index in [2.05, 4.69) is 9.97 Å². The van der Waals surface area contributed by atoms with E-state index in [9.17, 15) is 9.18 Å². The standard InChI is InChI=1S/C25H18FN3O4/c1-25(2)22(9-16-8-15-4-6-24(30)31-20(15)11-21(16)33-25)32-23-10-19(28-13-29-23)14-3-5-18(26)17(7-14)12-27/h3-8,10-11,13,22H,9H2,1-2H3/t22-/m0/s1. The maximum Gasteiger partial charge on any atom is 0.336 e. The maximum atomic E-state index is 13.7. The third-order valence-corrected chi connectivity index (χ3v) is 5.64. The number of halogens is 1. The van der Waals surface area contributed by atoms with Crippen molar-refractivity contribution in [1.82, 2.24) is 9.97 Å². The molecule has 1 aliphatic heterocycles. The van der Waals surface area contributed by atoms with Gasteiger partial charge in [0.2, 0.25) is 5.88 Å². The highest BCUT2D eigenvalue weighted by atomic mass is 19.1. The lowest BCUT2D eigenvalue weighted by Crippen LogP contribution is -2.49. The Morgan fingerprint density at radius 1 is 1.15 bits per heavy atom. The Balaban J connectivity index is 1.45. The van der Waals surface area contributed by atoms with Crippen molar-refractivity contribution in [1.29, 1.82) is 5.26 Å². The summed E-state index contributed by atoms with van der Waals surface area (Å²) in [5.74, 6) is 0.388. The number of hydrogen-bond donors (Lipinski definition) is 0. The van der Waals surface area contributed by atoms with Gasteiger partial charge in [0.1, 0.15) is 41.3 Å². The van der Waals surface area contributed by atoms with Crippen molar-refractivity contribution in [2.75, 3.05) is 0 Å². The molecule has 0 unspecified atom stereocenters. The van der Waals surface area contributed by atoms with Crippen LogP contribution in [0.25, 0.3) is 22.2 Å². The van der Waals surface area contributed by atoms with Gasteiger partial charge in [-0.3, -0.25) is 0 Å². The van der Waals surface area contributed by atoms with Crippen LogP contribution < -0.4 is 15.1 Å². The summed E-state index contributed by atoms with van der Waals surface area (Å²) in [7, 11) is 0. The zero-order valence-electron chi connectivity index (χ0n) is 17.8. The lowest BCUT2D eigenvalue weighted by Gasteiger charge is -2.39. The van der Waals surface area contributed by atoms with Gasteiger partial charge in [-0.15, -0.1) is 0 Å². The molecule has 164 valence electrons. The van der Waals surface area contributed by atoms with Crippen molar-refractivity contribution in [2.45, 2.75) is 32.0 Å². The molecule has 4 aromatic rings. The van der Waals surface area contributed by atoms with E-state index in [1.54, 1.807) is 24.3 Å². The third kappa shape index (κ3) is 3.89. The number of nitrogens with zero attached hydrogens (tertiary/aromatic N) is 3. The largest absolute Gasteiger partial charge is 0.484 e. The van der Waals surface area contributed by atoms with Gasteiger partial charge in [0.15, 0.2) is 0 Å². The molecule has 1 atom stereocenters. The minimum Gasteiger partial charge on any atom is -0.484 e. The van der Waals surface area contributed by atoms with Gasteiger partial charge in [-0.05, 0) is 49.7 Å². The van der Waals surface area contributed by atoms with E-state index in [1.807, 2.05) is 26.0 Å². The molecule has 0 bridgehead atoms. The number of aromatic nitrogens is 2. The van der Waals surface area contributed by atoms with Crippen molar-refractivity contribution in [2.24, 2.45) is 0 Å². The van der Waals surface area contributed by atoms with Crippen LogP contribution in [0.2, 0.25) is 0 Å². The first-order valence-corrected chi connectivity index (χ1v) is 10.3. The summed E-state index contributed by atoms with van der Waals surface area (Å²) in [6, 6.07) is 14.5. The number of ether oxygens (including phenoxy) is 2. The molecule has 2 aromatic carbocycles. The molecule has 33 heavy (non-hydrogen) atoms. The fraction of sp³-hybridized carbons (Fsp3) is 0.200. The van der Waals surface area contributed by atoms with E-state index >= 15 is 0 Å². The van der Waals surface area contributed by atoms with Crippen LogP contribution in [0, 0.1) is 17.1 Å². The Hall–Kier alpha value is -4.25. The normalized spacial score (nSPS) is 16.5. The Morgan fingerprint density at radius 2 is 2.00 bits per heavy atom. The molecule has 1 aliphatic rings. The summed E-state index contributed by atoms with van der Waals surface area (Å²) in [6.45, 7) is 3.82. The van der Waals surface area contributed by atoms with E-state index in [1.165, 1.54) is 24.5 Å². The first-order chi connectivity index (χ1) is 15.8. The molecule has 2 aromatic heterocycles. The van der Waals surface area contributed by atoms with Crippen molar-refractivity contribution in [3.63, 3.8) is 0 Å². The van der Waals surface area contributed by atoms with E-state index in [0.717, 1.165) is 10.9 Å². The molecular formula is C25H18FN3O4. The quantitative estimate of drug-likeness (QED) is 0.432. The lowest BCUT2D eigenvalue weighted by molar-refractivity contribution is -0.0287. The predicted molar refractivity (Wildman–Crippen MR) is 117 cm³/mol. The SMILES string of the molecule is CC1(C)Oc2cc3oc(=O)ccc3cc2C[C@@H]1Oc1cc(-c2ccc(F)c(C#N)c2)ncn1. The highest BCUT2D eigenvalue weighted by molar-refractivity contribution is 5.79. The second-order valence-electron chi connectivity index (χ2n) is 8.32. The Morgan fingerprint density at radius 3 is 2.82 bits per heavy atom. The molecule has 0 saturated carbocycles. The fourth-order valence-corrected chi connectivity index (χ4v) is 3.85. The monoisotopic (exact) mass is 443 g/mol. The Labute approximate surface area is 188 Å². The summed E-state index contributed by atoms with van der Waals surface area (Å²) in [4.78, 5) is 20.0. The van der Waals surface area contributed by atoms with Crippen molar-refractivity contribution < 1.29 is 18.3 Å². The smallest absolute Gasteiger partial charge is 0.336 e. The minimum atomic E-state index is -0.704. The molecule has 0 fully saturated rings. The second kappa shape index (κ2) is 7.71. The number of fused-ring (bicyclic) bond motifs is 2. The zero-order chi connectivity index (χ0) is 23.2. The summed E-state index contributed by atoms with van der Waals surface area (Å²) < 4.78 is 31.4. The van der Waals surface area contributed by atoms with Gasteiger partial charge in [0.25, 0.3) is 0 Å². The molecule has 7 nitrogen and oxygen atoms in total. The minimum absolute atomic E-state index is 0.0601. The van der Waals surface area contributed by atoms with Crippen LogP contribution in [0.4, 0.5) is 4.39 Å². The zero-order valence-corrected chi connectivity index (χ0v) is 17.8. The van der Waals surface area contributed by atoms with Gasteiger partial charge in [-0.25, -0.2) is 19.2 Å². The molecule has 8 heteroatoms. The third-order valence-electron chi connectivity index (χ3n) is 5.64. The van der Waals surface area contributed by atoms with Crippen LogP contribution in [0.3, 0.4) is 0 Å². The van der Waals surface area contributed by atoms with Crippen LogP contribution in [0.1, 0.15) is 25.0 Å². The molecular weight excluding hydrogens is 425 g/mol. The summed E-state index contributed by atoms with van der Waals surface area (Å²) in [5.41, 5.74) is 1.30. The number of nitriles is 1. The van der Waals surface area contributed by atoms with Crippen molar-refractivity contribution in [3.05, 3.63) is 82.2 Å². The van der Waals surface area contributed by atoms with Crippen LogP contribution >= 0.6 is 0 Å². The van der Waals surface area contributed by atoms with E-state index in [-0.39, 0.29) is 11.7 Å². The van der Waals surface area contributed by atoms with Crippen LogP contribution in [0.5, 0.6) is 11.6 Å². The van der Waals surface area contributed by atoms with Gasteiger partial charge in [0.05, 0.1) is 11.3 Å². The van der Waals surface area contributed by atoms with E-state index in [0.29, 0.717) is 34.9 Å². The predicted octanol–water partition coefficient (Wildman–Crippen LogP) is 4.42. The number of hydrogen-bond acceptors (Lipinski definition) is 7. The average Bonchev–Trinajstić information content (AvgIpc) is 2.79. The van der Waals surface area contributed by atoms with Gasteiger partial charge < -0.3 is 13.9 Å².